The highest BCUT2D eigenvalue weighted by Gasteiger charge is 2.26. The minimum atomic E-state index is -0.0898. The fraction of sp³-hybridized carbons (Fsp3) is 0.500. The molecule has 0 unspecified atom stereocenters. The van der Waals surface area contributed by atoms with Crippen LogP contribution in [0.25, 0.3) is 0 Å². The van der Waals surface area contributed by atoms with E-state index in [2.05, 4.69) is 26.8 Å². The number of pyridine rings is 1. The average Bonchev–Trinajstić information content (AvgIpc) is 2.56. The van der Waals surface area contributed by atoms with Crippen molar-refractivity contribution in [1.82, 2.24) is 19.9 Å². The number of nitrogens with zero attached hydrogens (tertiary/aromatic N) is 3. The molecule has 1 fully saturated rings. The molecule has 3 rings (SSSR count). The molecular weight excluding hydrogens is 304 g/mol. The van der Waals surface area contributed by atoms with E-state index in [-0.39, 0.29) is 17.7 Å². The van der Waals surface area contributed by atoms with Crippen LogP contribution in [0, 0.1) is 13.8 Å². The van der Waals surface area contributed by atoms with Crippen molar-refractivity contribution in [2.75, 3.05) is 13.1 Å². The van der Waals surface area contributed by atoms with Gasteiger partial charge in [0.2, 0.25) is 5.88 Å². The molecule has 0 amide bonds. The van der Waals surface area contributed by atoms with Gasteiger partial charge >= 0.3 is 0 Å². The third kappa shape index (κ3) is 4.00. The van der Waals surface area contributed by atoms with Gasteiger partial charge in [0.15, 0.2) is 0 Å². The zero-order chi connectivity index (χ0) is 17.1. The van der Waals surface area contributed by atoms with Gasteiger partial charge in [-0.1, -0.05) is 6.07 Å². The monoisotopic (exact) mass is 328 g/mol. The third-order valence-electron chi connectivity index (χ3n) is 4.48. The van der Waals surface area contributed by atoms with Crippen LogP contribution in [0.4, 0.5) is 0 Å². The Hall–Kier alpha value is -2.21. The highest BCUT2D eigenvalue weighted by atomic mass is 16.5. The van der Waals surface area contributed by atoms with Crippen LogP contribution in [-0.4, -0.2) is 39.0 Å². The topological polar surface area (TPSA) is 71.1 Å². The molecular formula is C18H24N4O2. The molecule has 0 spiro atoms. The Labute approximate surface area is 141 Å². The summed E-state index contributed by atoms with van der Waals surface area (Å²) in [6.07, 6.45) is 3.89. The second kappa shape index (κ2) is 7.13. The number of aromatic nitrogens is 3. The molecule has 6 heteroatoms. The second-order valence-corrected chi connectivity index (χ2v) is 6.47. The Morgan fingerprint density at radius 3 is 2.67 bits per heavy atom. The summed E-state index contributed by atoms with van der Waals surface area (Å²) >= 11 is 0. The molecule has 1 aliphatic rings. The van der Waals surface area contributed by atoms with Gasteiger partial charge in [-0.3, -0.25) is 9.69 Å². The summed E-state index contributed by atoms with van der Waals surface area (Å²) in [6.45, 7) is 7.77. The number of hydrogen-bond donors (Lipinski definition) is 1. The maximum absolute atomic E-state index is 11.6. The number of likely N-dealkylation sites (tertiary alicyclic amines) is 1. The van der Waals surface area contributed by atoms with Gasteiger partial charge in [0, 0.05) is 37.1 Å². The van der Waals surface area contributed by atoms with E-state index in [0.717, 1.165) is 43.0 Å². The van der Waals surface area contributed by atoms with E-state index in [1.165, 1.54) is 6.07 Å². The number of piperidine rings is 1. The van der Waals surface area contributed by atoms with Gasteiger partial charge in [-0.2, -0.15) is 0 Å². The second-order valence-electron chi connectivity index (χ2n) is 6.47. The largest absolute Gasteiger partial charge is 0.474 e. The zero-order valence-corrected chi connectivity index (χ0v) is 14.5. The van der Waals surface area contributed by atoms with Gasteiger partial charge in [-0.15, -0.1) is 0 Å². The normalized spacial score (nSPS) is 17.6. The van der Waals surface area contributed by atoms with Gasteiger partial charge in [0.05, 0.1) is 6.04 Å². The van der Waals surface area contributed by atoms with Gasteiger partial charge in [0.25, 0.3) is 5.56 Å². The molecule has 3 heterocycles. The van der Waals surface area contributed by atoms with Crippen molar-refractivity contribution in [1.29, 1.82) is 0 Å². The van der Waals surface area contributed by atoms with Crippen molar-refractivity contribution in [3.8, 4) is 5.88 Å². The number of H-pyrrole nitrogens is 1. The van der Waals surface area contributed by atoms with E-state index in [4.69, 9.17) is 4.74 Å². The predicted octanol–water partition coefficient (Wildman–Crippen LogP) is 2.39. The number of nitrogens with one attached hydrogen (secondary N) is 1. The summed E-state index contributed by atoms with van der Waals surface area (Å²) in [4.78, 5) is 25.6. The molecule has 128 valence electrons. The summed E-state index contributed by atoms with van der Waals surface area (Å²) in [5.74, 6) is 1.43. The summed E-state index contributed by atoms with van der Waals surface area (Å²) in [5.41, 5.74) is 1.79. The van der Waals surface area contributed by atoms with Crippen LogP contribution < -0.4 is 10.3 Å². The Kier molecular flexibility index (Phi) is 4.94. The summed E-state index contributed by atoms with van der Waals surface area (Å²) in [5, 5.41) is 0. The maximum Gasteiger partial charge on any atom is 0.251 e. The van der Waals surface area contributed by atoms with Crippen LogP contribution >= 0.6 is 0 Å². The molecule has 1 saturated heterocycles. The molecule has 1 N–H and O–H groups in total. The molecule has 0 aromatic carbocycles. The number of hydrogen-bond acceptors (Lipinski definition) is 5. The molecule has 2 aromatic heterocycles. The standard InChI is InChI=1S/C18H24N4O2/c1-12-4-5-17(19-11-12)24-15-6-8-22(9-7-15)14(3)18-20-13(2)10-16(23)21-18/h4-5,10-11,14-15H,6-9H2,1-3H3,(H,20,21,23)/t14-/m0/s1. The van der Waals surface area contributed by atoms with Gasteiger partial charge in [0.1, 0.15) is 11.9 Å². The SMILES string of the molecule is Cc1ccc(OC2CCN([C@@H](C)c3nc(C)cc(=O)[nH]3)CC2)nc1. The molecule has 0 saturated carbocycles. The third-order valence-corrected chi connectivity index (χ3v) is 4.48. The van der Waals surface area contributed by atoms with Gasteiger partial charge < -0.3 is 9.72 Å². The van der Waals surface area contributed by atoms with Crippen LogP contribution in [0.1, 0.15) is 42.9 Å². The summed E-state index contributed by atoms with van der Waals surface area (Å²) in [7, 11) is 0. The van der Waals surface area contributed by atoms with E-state index in [1.54, 1.807) is 0 Å². The first-order valence-electron chi connectivity index (χ1n) is 8.42. The minimum Gasteiger partial charge on any atom is -0.474 e. The first-order valence-corrected chi connectivity index (χ1v) is 8.42. The molecule has 2 aromatic rings. The maximum atomic E-state index is 11.6. The quantitative estimate of drug-likeness (QED) is 0.933. The summed E-state index contributed by atoms with van der Waals surface area (Å²) < 4.78 is 5.97. The number of rotatable bonds is 4. The first-order chi connectivity index (χ1) is 11.5. The molecule has 6 nitrogen and oxygen atoms in total. The van der Waals surface area contributed by atoms with E-state index < -0.39 is 0 Å². The van der Waals surface area contributed by atoms with Crippen molar-refractivity contribution in [3.05, 3.63) is 51.8 Å². The Morgan fingerprint density at radius 2 is 2.04 bits per heavy atom. The zero-order valence-electron chi connectivity index (χ0n) is 14.5. The van der Waals surface area contributed by atoms with Crippen LogP contribution in [0.2, 0.25) is 0 Å². The number of aromatic amines is 1. The van der Waals surface area contributed by atoms with Crippen molar-refractivity contribution < 1.29 is 4.74 Å². The van der Waals surface area contributed by atoms with E-state index in [9.17, 15) is 4.79 Å². The Balaban J connectivity index is 1.58. The van der Waals surface area contributed by atoms with Crippen molar-refractivity contribution in [3.63, 3.8) is 0 Å². The lowest BCUT2D eigenvalue weighted by atomic mass is 10.1. The molecule has 0 radical (unpaired) electrons. The van der Waals surface area contributed by atoms with Crippen molar-refractivity contribution in [2.45, 2.75) is 45.8 Å². The predicted molar refractivity (Wildman–Crippen MR) is 92.2 cm³/mol. The van der Waals surface area contributed by atoms with Gasteiger partial charge in [-0.25, -0.2) is 9.97 Å². The highest BCUT2D eigenvalue weighted by molar-refractivity contribution is 5.16. The molecule has 0 aliphatic carbocycles. The molecule has 1 atom stereocenters. The summed E-state index contributed by atoms with van der Waals surface area (Å²) in [6, 6.07) is 5.55. The fourth-order valence-corrected chi connectivity index (χ4v) is 3.05. The average molecular weight is 328 g/mol. The highest BCUT2D eigenvalue weighted by Crippen LogP contribution is 2.23. The van der Waals surface area contributed by atoms with Gasteiger partial charge in [-0.05, 0) is 39.2 Å². The molecule has 1 aliphatic heterocycles. The lowest BCUT2D eigenvalue weighted by Crippen LogP contribution is -2.40. The number of aryl methyl sites for hydroxylation is 2. The van der Waals surface area contributed by atoms with E-state index in [1.807, 2.05) is 32.2 Å². The van der Waals surface area contributed by atoms with Crippen LogP contribution in [0.3, 0.4) is 0 Å². The van der Waals surface area contributed by atoms with E-state index >= 15 is 0 Å². The van der Waals surface area contributed by atoms with Crippen LogP contribution in [-0.2, 0) is 0 Å². The Bertz CT molecular complexity index is 733. The Morgan fingerprint density at radius 1 is 1.29 bits per heavy atom. The minimum absolute atomic E-state index is 0.0898. The van der Waals surface area contributed by atoms with Crippen LogP contribution in [0.15, 0.2) is 29.2 Å². The molecule has 0 bridgehead atoms. The number of ether oxygens (including phenoxy) is 1. The van der Waals surface area contributed by atoms with E-state index in [0.29, 0.717) is 5.88 Å². The van der Waals surface area contributed by atoms with Crippen LogP contribution in [0.5, 0.6) is 5.88 Å². The lowest BCUT2D eigenvalue weighted by molar-refractivity contribution is 0.0745. The van der Waals surface area contributed by atoms with Crippen molar-refractivity contribution in [2.24, 2.45) is 0 Å². The smallest absolute Gasteiger partial charge is 0.251 e. The fourth-order valence-electron chi connectivity index (χ4n) is 3.05. The lowest BCUT2D eigenvalue weighted by Gasteiger charge is -2.35. The van der Waals surface area contributed by atoms with Crippen molar-refractivity contribution >= 4 is 0 Å². The molecule has 24 heavy (non-hydrogen) atoms. The first kappa shape index (κ1) is 16.6.